The lowest BCUT2D eigenvalue weighted by Crippen LogP contribution is -2.35. The van der Waals surface area contributed by atoms with Gasteiger partial charge in [0.1, 0.15) is 0 Å². The highest BCUT2D eigenvalue weighted by Crippen LogP contribution is 2.48. The molecule has 1 saturated carbocycles. The zero-order valence-electron chi connectivity index (χ0n) is 11.7. The third-order valence-electron chi connectivity index (χ3n) is 3.95. The second-order valence-corrected chi connectivity index (χ2v) is 7.53. The first-order valence-corrected chi connectivity index (χ1v) is 6.83. The Balaban J connectivity index is 3.05. The topological polar surface area (TPSA) is 0 Å². The van der Waals surface area contributed by atoms with Crippen LogP contribution in [0.1, 0.15) is 60.8 Å². The van der Waals surface area contributed by atoms with E-state index in [0.29, 0.717) is 22.7 Å². The van der Waals surface area contributed by atoms with Gasteiger partial charge in [0.2, 0.25) is 0 Å². The molecule has 0 heterocycles. The molecule has 0 aromatic carbocycles. The smallest absolute Gasteiger partial charge is 0.00668 e. The van der Waals surface area contributed by atoms with Crippen molar-refractivity contribution in [3.8, 4) is 0 Å². The third kappa shape index (κ3) is 2.96. The first-order chi connectivity index (χ1) is 7.18. The Kier molecular flexibility index (Phi) is 4.03. The molecule has 0 N–H and O–H groups in total. The van der Waals surface area contributed by atoms with Crippen LogP contribution in [0.3, 0.4) is 0 Å². The van der Waals surface area contributed by atoms with E-state index in [9.17, 15) is 0 Å². The summed E-state index contributed by atoms with van der Waals surface area (Å²) >= 11 is 5.18. The summed E-state index contributed by atoms with van der Waals surface area (Å²) in [6.07, 6.45) is 3.91. The van der Waals surface area contributed by atoms with Gasteiger partial charge in [-0.1, -0.05) is 48.0 Å². The molecule has 1 rings (SSSR count). The molecule has 0 aromatic rings. The number of rotatable bonds is 0. The van der Waals surface area contributed by atoms with Crippen molar-refractivity contribution < 1.29 is 0 Å². The monoisotopic (exact) mass is 238 g/mol. The molecule has 1 aliphatic rings. The lowest BCUT2D eigenvalue weighted by atomic mass is 9.61. The van der Waals surface area contributed by atoms with Crippen LogP contribution in [0.5, 0.6) is 0 Å². The fourth-order valence-corrected chi connectivity index (χ4v) is 3.31. The second kappa shape index (κ2) is 4.63. The summed E-state index contributed by atoms with van der Waals surface area (Å²) in [5, 5.41) is 3.12. The van der Waals surface area contributed by atoms with E-state index in [-0.39, 0.29) is 0 Å². The summed E-state index contributed by atoms with van der Waals surface area (Å²) in [5.74, 6) is 1.26. The minimum absolute atomic E-state index is 0.324. The van der Waals surface area contributed by atoms with Gasteiger partial charge in [0.25, 0.3) is 0 Å². The van der Waals surface area contributed by atoms with Gasteiger partial charge < -0.3 is 0 Å². The van der Waals surface area contributed by atoms with Gasteiger partial charge in [0.15, 0.2) is 0 Å². The Bertz CT molecular complexity index is 270. The molecule has 1 aliphatic carbocycles. The van der Waals surface area contributed by atoms with E-state index >= 15 is 0 Å². The largest absolute Gasteiger partial charge is 0.0596 e. The zero-order chi connectivity index (χ0) is 12.6. The van der Waals surface area contributed by atoms with Crippen molar-refractivity contribution in [1.29, 1.82) is 0 Å². The maximum Gasteiger partial charge on any atom is -0.00668 e. The van der Waals surface area contributed by atoms with Crippen molar-refractivity contribution in [3.05, 3.63) is 5.57 Å². The Labute approximate surface area is 107 Å². The molecule has 0 nitrogen and oxygen atoms in total. The van der Waals surface area contributed by atoms with E-state index in [4.69, 9.17) is 12.2 Å². The average Bonchev–Trinajstić information content (AvgIpc) is 2.13. The maximum absolute atomic E-state index is 5.18. The lowest BCUT2D eigenvalue weighted by Gasteiger charge is -2.43. The van der Waals surface area contributed by atoms with E-state index in [0.717, 1.165) is 0 Å². The van der Waals surface area contributed by atoms with Crippen molar-refractivity contribution in [2.75, 3.05) is 0 Å². The van der Waals surface area contributed by atoms with Crippen LogP contribution < -0.4 is 0 Å². The van der Waals surface area contributed by atoms with Crippen molar-refractivity contribution in [2.45, 2.75) is 60.8 Å². The summed E-state index contributed by atoms with van der Waals surface area (Å²) in [7, 11) is 0. The summed E-state index contributed by atoms with van der Waals surface area (Å²) in [6.45, 7) is 14.0. The average molecular weight is 238 g/mol. The number of hydrogen-bond donors (Lipinski definition) is 0. The number of hydrogen-bond acceptors (Lipinski definition) is 1. The van der Waals surface area contributed by atoms with Crippen molar-refractivity contribution in [1.82, 2.24) is 0 Å². The predicted octanol–water partition coefficient (Wildman–Crippen LogP) is 5.02. The minimum atomic E-state index is 0.324. The number of allylic oxidation sites excluding steroid dienone is 1. The summed E-state index contributed by atoms with van der Waals surface area (Å²) < 4.78 is 0. The van der Waals surface area contributed by atoms with Crippen LogP contribution in [0.2, 0.25) is 0 Å². The van der Waals surface area contributed by atoms with Crippen LogP contribution in [0, 0.1) is 22.7 Å². The fourth-order valence-electron chi connectivity index (χ4n) is 3.02. The molecule has 0 aliphatic heterocycles. The van der Waals surface area contributed by atoms with Crippen LogP contribution in [0.15, 0.2) is 5.57 Å². The second-order valence-electron chi connectivity index (χ2n) is 7.33. The van der Waals surface area contributed by atoms with E-state index in [1.165, 1.54) is 24.8 Å². The molecule has 0 spiro atoms. The molecule has 2 atom stereocenters. The van der Waals surface area contributed by atoms with E-state index in [1.807, 2.05) is 0 Å². The van der Waals surface area contributed by atoms with E-state index in [2.05, 4.69) is 46.6 Å². The van der Waals surface area contributed by atoms with E-state index in [1.54, 1.807) is 0 Å². The molecule has 16 heavy (non-hydrogen) atoms. The first kappa shape index (κ1) is 13.9. The van der Waals surface area contributed by atoms with Crippen LogP contribution in [-0.4, -0.2) is 5.02 Å². The number of thiocarbonyl (C=S) groups is 1. The van der Waals surface area contributed by atoms with E-state index < -0.39 is 0 Å². The molecule has 0 amide bonds. The Morgan fingerprint density at radius 3 is 1.56 bits per heavy atom. The fraction of sp³-hybridized carbons (Fsp3) is 0.867. The highest BCUT2D eigenvalue weighted by Gasteiger charge is 2.39. The van der Waals surface area contributed by atoms with Gasteiger partial charge in [-0.15, -0.1) is 0 Å². The summed E-state index contributed by atoms with van der Waals surface area (Å²) in [5.41, 5.74) is 2.07. The zero-order valence-corrected chi connectivity index (χ0v) is 12.5. The molecule has 1 heteroatoms. The molecule has 1 fully saturated rings. The van der Waals surface area contributed by atoms with Gasteiger partial charge in [0, 0.05) is 0 Å². The predicted molar refractivity (Wildman–Crippen MR) is 75.9 cm³/mol. The first-order valence-electron chi connectivity index (χ1n) is 6.43. The maximum atomic E-state index is 5.18. The molecular formula is C15H26S. The van der Waals surface area contributed by atoms with Crippen LogP contribution in [-0.2, 0) is 0 Å². The van der Waals surface area contributed by atoms with Gasteiger partial charge in [-0.2, -0.15) is 0 Å². The van der Waals surface area contributed by atoms with Crippen molar-refractivity contribution >= 4 is 17.2 Å². The van der Waals surface area contributed by atoms with Crippen molar-refractivity contribution in [2.24, 2.45) is 22.7 Å². The van der Waals surface area contributed by atoms with Gasteiger partial charge in [-0.05, 0) is 58.3 Å². The molecule has 0 saturated heterocycles. The molecule has 92 valence electrons. The molecular weight excluding hydrogens is 212 g/mol. The standard InChI is InChI=1S/C15H26S/c1-14(2,3)12-8-7-9-13(11(12)10-16)15(4,5)6/h12-13H,7-9H2,1-6H3/t12-,13+. The normalized spacial score (nSPS) is 27.8. The van der Waals surface area contributed by atoms with Crippen LogP contribution in [0.4, 0.5) is 0 Å². The highest BCUT2D eigenvalue weighted by molar-refractivity contribution is 7.78. The van der Waals surface area contributed by atoms with Gasteiger partial charge in [0.05, 0.1) is 0 Å². The van der Waals surface area contributed by atoms with Gasteiger partial charge >= 0.3 is 0 Å². The quantitative estimate of drug-likeness (QED) is 0.534. The molecule has 0 radical (unpaired) electrons. The lowest BCUT2D eigenvalue weighted by molar-refractivity contribution is 0.155. The van der Waals surface area contributed by atoms with Gasteiger partial charge in [-0.25, -0.2) is 0 Å². The van der Waals surface area contributed by atoms with Crippen LogP contribution >= 0.6 is 12.2 Å². The SMILES string of the molecule is CC(C)(C)[C@@H]1CCC[C@H](C(C)(C)C)C1=C=S. The van der Waals surface area contributed by atoms with Crippen LogP contribution in [0.25, 0.3) is 0 Å². The van der Waals surface area contributed by atoms with Gasteiger partial charge in [-0.3, -0.25) is 0 Å². The Morgan fingerprint density at radius 2 is 1.31 bits per heavy atom. The molecule has 0 bridgehead atoms. The summed E-state index contributed by atoms with van der Waals surface area (Å²) in [6, 6.07) is 0. The third-order valence-corrected chi connectivity index (χ3v) is 4.18. The van der Waals surface area contributed by atoms with Crippen molar-refractivity contribution in [3.63, 3.8) is 0 Å². The Morgan fingerprint density at radius 1 is 0.938 bits per heavy atom. The molecule has 0 unspecified atom stereocenters. The summed E-state index contributed by atoms with van der Waals surface area (Å²) in [4.78, 5) is 0. The highest BCUT2D eigenvalue weighted by atomic mass is 32.1. The Hall–Kier alpha value is -0.130. The minimum Gasteiger partial charge on any atom is -0.0596 e. The molecule has 0 aromatic heterocycles.